The maximum atomic E-state index is 11.3. The Bertz CT molecular complexity index is 557. The van der Waals surface area contributed by atoms with Crippen LogP contribution in [0.25, 0.3) is 0 Å². The van der Waals surface area contributed by atoms with Crippen LogP contribution in [0.15, 0.2) is 0 Å². The summed E-state index contributed by atoms with van der Waals surface area (Å²) in [7, 11) is 1.36. The van der Waals surface area contributed by atoms with Crippen molar-refractivity contribution in [1.82, 2.24) is 10.3 Å². The number of hydrogen-bond donors (Lipinski definition) is 5. The second kappa shape index (κ2) is 20.2. The number of aliphatic hydroxyl groups is 2. The van der Waals surface area contributed by atoms with E-state index in [0.717, 1.165) is 4.90 Å². The second-order valence-electron chi connectivity index (χ2n) is 6.60. The molecule has 3 atom stereocenters. The fourth-order valence-electron chi connectivity index (χ4n) is 1.13. The Kier molecular flexibility index (Phi) is 25.3. The van der Waals surface area contributed by atoms with Gasteiger partial charge in [-0.15, -0.1) is 0 Å². The van der Waals surface area contributed by atoms with Gasteiger partial charge in [0.15, 0.2) is 6.10 Å². The molecule has 1 heterocycles. The summed E-state index contributed by atoms with van der Waals surface area (Å²) in [5.74, 6) is 0.669. The molecule has 0 bridgehead atoms. The minimum atomic E-state index is -1.59. The zero-order chi connectivity index (χ0) is 23.4. The van der Waals surface area contributed by atoms with E-state index in [-0.39, 0.29) is 116 Å². The van der Waals surface area contributed by atoms with Crippen LogP contribution in [-0.2, 0) is 23.9 Å². The maximum absolute atomic E-state index is 11.3. The number of epoxide rings is 1. The molecule has 0 aliphatic carbocycles. The number of hydrogen-bond acceptors (Lipinski definition) is 12. The summed E-state index contributed by atoms with van der Waals surface area (Å²) in [4.78, 5) is 41.8. The van der Waals surface area contributed by atoms with Gasteiger partial charge >= 0.3 is 115 Å². The van der Waals surface area contributed by atoms with Crippen LogP contribution in [-0.4, -0.2) is 94.9 Å². The zero-order valence-corrected chi connectivity index (χ0v) is 24.7. The number of nitrogens with two attached hydrogens (primary N) is 1. The summed E-state index contributed by atoms with van der Waals surface area (Å²) in [6.45, 7) is 4.94. The summed E-state index contributed by atoms with van der Waals surface area (Å²) >= 11 is 0. The minimum absolute atomic E-state index is 0. The molecule has 31 heavy (non-hydrogen) atoms. The Morgan fingerprint density at radius 1 is 1.19 bits per heavy atom. The van der Waals surface area contributed by atoms with Gasteiger partial charge < -0.3 is 49.5 Å². The number of nitrogens with one attached hydrogen (secondary N) is 1. The van der Waals surface area contributed by atoms with Crippen LogP contribution in [0.3, 0.4) is 0 Å². The zero-order valence-electron chi connectivity index (χ0n) is 18.5. The van der Waals surface area contributed by atoms with E-state index in [1.807, 2.05) is 5.43 Å². The summed E-state index contributed by atoms with van der Waals surface area (Å²) < 4.78 is 9.27. The van der Waals surface area contributed by atoms with Crippen LogP contribution in [0.5, 0.6) is 0 Å². The van der Waals surface area contributed by atoms with E-state index in [1.54, 1.807) is 20.8 Å². The molecule has 0 spiro atoms. The minimum Gasteiger partial charge on any atom is -0.547 e. The van der Waals surface area contributed by atoms with Gasteiger partial charge in [-0.1, -0.05) is 0 Å². The van der Waals surface area contributed by atoms with Gasteiger partial charge in [-0.05, 0) is 20.8 Å². The summed E-state index contributed by atoms with van der Waals surface area (Å²) in [6.07, 6.45) is -4.37. The molecule has 0 aromatic heterocycles. The number of hydrazine groups is 1. The first-order valence-electron chi connectivity index (χ1n) is 8.12. The van der Waals surface area contributed by atoms with Crippen LogP contribution in [0, 0.1) is 0 Å². The topological polar surface area (TPSA) is 238 Å². The summed E-state index contributed by atoms with van der Waals surface area (Å²) in [6, 6.07) is 0. The molecule has 170 valence electrons. The number of carboxylic acids is 3. The SMILES string of the molecule is CN(C[C@H](O)C(=O)O)C(=O)OC(C)(C)C.NNC[C@H](O)C(=O)[O-].O=C([O-])[C@@H]1CO1.[K+].[K+]. The van der Waals surface area contributed by atoms with E-state index in [9.17, 15) is 29.4 Å². The molecule has 1 aliphatic rings. The van der Waals surface area contributed by atoms with Gasteiger partial charge in [0.1, 0.15) is 17.8 Å². The molecule has 14 nitrogen and oxygen atoms in total. The van der Waals surface area contributed by atoms with Crippen molar-refractivity contribution in [2.45, 2.75) is 44.7 Å². The van der Waals surface area contributed by atoms with Gasteiger partial charge in [0.25, 0.3) is 0 Å². The molecule has 16 heteroatoms. The molecule has 1 rings (SSSR count). The number of nitrogens with zero attached hydrogens (tertiary/aromatic N) is 1. The van der Waals surface area contributed by atoms with Crippen molar-refractivity contribution in [1.29, 1.82) is 0 Å². The summed E-state index contributed by atoms with van der Waals surface area (Å²) in [5.41, 5.74) is 1.34. The van der Waals surface area contributed by atoms with E-state index in [4.69, 9.17) is 20.1 Å². The number of aliphatic hydroxyl groups excluding tert-OH is 2. The van der Waals surface area contributed by atoms with Crippen LogP contribution in [0.4, 0.5) is 4.79 Å². The molecular formula is C15H27K2N3O11. The first kappa shape index (κ1) is 39.0. The first-order valence-corrected chi connectivity index (χ1v) is 8.12. The number of aliphatic carboxylic acids is 3. The molecule has 1 fully saturated rings. The van der Waals surface area contributed by atoms with Crippen LogP contribution in [0.1, 0.15) is 20.8 Å². The molecule has 6 N–H and O–H groups in total. The van der Waals surface area contributed by atoms with Gasteiger partial charge in [0.05, 0.1) is 25.1 Å². The molecule has 0 unspecified atom stereocenters. The van der Waals surface area contributed by atoms with E-state index >= 15 is 0 Å². The van der Waals surface area contributed by atoms with E-state index < -0.39 is 47.9 Å². The van der Waals surface area contributed by atoms with Crippen molar-refractivity contribution in [3.8, 4) is 0 Å². The van der Waals surface area contributed by atoms with Gasteiger partial charge in [0.2, 0.25) is 0 Å². The van der Waals surface area contributed by atoms with Crippen LogP contribution >= 0.6 is 0 Å². The number of amides is 1. The third kappa shape index (κ3) is 25.2. The van der Waals surface area contributed by atoms with E-state index in [0.29, 0.717) is 6.61 Å². The quantitative estimate of drug-likeness (QED) is 0.0939. The molecule has 1 amide bonds. The number of carbonyl (C=O) groups is 4. The van der Waals surface area contributed by atoms with Crippen molar-refractivity contribution < 1.29 is 157 Å². The van der Waals surface area contributed by atoms with Crippen molar-refractivity contribution >= 4 is 24.0 Å². The Balaban J connectivity index is -0.000000192. The van der Waals surface area contributed by atoms with Gasteiger partial charge in [-0.2, -0.15) is 0 Å². The van der Waals surface area contributed by atoms with Gasteiger partial charge in [0, 0.05) is 13.6 Å². The standard InChI is InChI=1S/C9H17NO5.C3H8N2O3.C3H4O3.2K/c1-9(2,3)15-8(14)10(4)5-6(11)7(12)13;4-5-1-2(6)3(7)8;4-3(5)2-1-6-2;;/h6,11H,5H2,1-4H3,(H,12,13);2,5-6H,1,4H2,(H,7,8);2H,1H2,(H,4,5);;/q;;;2*+1/p-2/t6-;2*2-;;/m000../s1. The molecule has 0 aromatic carbocycles. The van der Waals surface area contributed by atoms with Crippen LogP contribution < -0.4 is 124 Å². The molecule has 1 aliphatic heterocycles. The average molecular weight is 504 g/mol. The number of ether oxygens (including phenoxy) is 2. The van der Waals surface area contributed by atoms with Gasteiger partial charge in [-0.3, -0.25) is 11.3 Å². The van der Waals surface area contributed by atoms with Crippen molar-refractivity contribution in [3.05, 3.63) is 0 Å². The van der Waals surface area contributed by atoms with Crippen molar-refractivity contribution in [2.24, 2.45) is 5.84 Å². The molecular weight excluding hydrogens is 476 g/mol. The Labute approximate surface area is 264 Å². The smallest absolute Gasteiger partial charge is 0.547 e. The predicted molar refractivity (Wildman–Crippen MR) is 90.5 cm³/mol. The second-order valence-corrected chi connectivity index (χ2v) is 6.60. The third-order valence-electron chi connectivity index (χ3n) is 2.62. The third-order valence-corrected chi connectivity index (χ3v) is 2.62. The average Bonchev–Trinajstić information content (AvgIpc) is 3.39. The van der Waals surface area contributed by atoms with E-state index in [2.05, 4.69) is 10.6 Å². The largest absolute Gasteiger partial charge is 1.00 e. The Morgan fingerprint density at radius 3 is 1.84 bits per heavy atom. The Hall–Kier alpha value is 0.753. The Morgan fingerprint density at radius 2 is 1.65 bits per heavy atom. The molecule has 0 aromatic rings. The monoisotopic (exact) mass is 503 g/mol. The fraction of sp³-hybridized carbons (Fsp3) is 0.733. The number of rotatable bonds is 7. The maximum Gasteiger partial charge on any atom is 1.00 e. The summed E-state index contributed by atoms with van der Waals surface area (Å²) in [5, 5.41) is 44.9. The first-order chi connectivity index (χ1) is 13.1. The van der Waals surface area contributed by atoms with Crippen molar-refractivity contribution in [3.63, 3.8) is 0 Å². The fourth-order valence-corrected chi connectivity index (χ4v) is 1.13. The van der Waals surface area contributed by atoms with Crippen LogP contribution in [0.2, 0.25) is 0 Å². The van der Waals surface area contributed by atoms with Crippen molar-refractivity contribution in [2.75, 3.05) is 26.7 Å². The molecule has 1 saturated heterocycles. The number of carbonyl (C=O) groups excluding carboxylic acids is 3. The predicted octanol–water partition coefficient (Wildman–Crippen LogP) is -11.0. The number of likely N-dealkylation sites (N-methyl/N-ethyl adjacent to an activating group) is 1. The molecule has 0 radical (unpaired) electrons. The van der Waals surface area contributed by atoms with Gasteiger partial charge in [-0.25, -0.2) is 9.59 Å². The number of carboxylic acid groups (broad SMARTS) is 3. The molecule has 0 saturated carbocycles. The normalized spacial score (nSPS) is 15.5. The van der Waals surface area contributed by atoms with E-state index in [1.165, 1.54) is 7.05 Å².